The molecular formula is C14H14N2O4. The number of aromatic carboxylic acids is 1. The summed E-state index contributed by atoms with van der Waals surface area (Å²) in [5, 5.41) is 8.96. The molecule has 1 aromatic carbocycles. The average molecular weight is 274 g/mol. The molecule has 0 unspecified atom stereocenters. The number of hydrogen-bond acceptors (Lipinski definition) is 5. The molecule has 6 heteroatoms. The van der Waals surface area contributed by atoms with Crippen LogP contribution < -0.4 is 5.73 Å². The maximum absolute atomic E-state index is 11.8. The quantitative estimate of drug-likeness (QED) is 0.817. The lowest BCUT2D eigenvalue weighted by Gasteiger charge is -2.04. The van der Waals surface area contributed by atoms with Gasteiger partial charge in [-0.15, -0.1) is 0 Å². The van der Waals surface area contributed by atoms with Crippen LogP contribution in [-0.2, 0) is 9.53 Å². The van der Waals surface area contributed by atoms with E-state index in [0.717, 1.165) is 0 Å². The van der Waals surface area contributed by atoms with E-state index >= 15 is 0 Å². The summed E-state index contributed by atoms with van der Waals surface area (Å²) in [4.78, 5) is 26.9. The second-order valence-corrected chi connectivity index (χ2v) is 4.25. The van der Waals surface area contributed by atoms with E-state index in [0.29, 0.717) is 16.8 Å². The van der Waals surface area contributed by atoms with E-state index in [9.17, 15) is 9.59 Å². The Morgan fingerprint density at radius 1 is 1.45 bits per heavy atom. The van der Waals surface area contributed by atoms with Crippen molar-refractivity contribution in [3.8, 4) is 0 Å². The van der Waals surface area contributed by atoms with Crippen molar-refractivity contribution in [1.82, 2.24) is 0 Å². The van der Waals surface area contributed by atoms with Gasteiger partial charge in [0.15, 0.2) is 0 Å². The number of ether oxygens (including phenoxy) is 1. The Labute approximate surface area is 115 Å². The fraction of sp³-hybridized carbons (Fsp3) is 0.214. The first-order valence-electron chi connectivity index (χ1n) is 6.09. The Bertz CT molecular complexity index is 632. The van der Waals surface area contributed by atoms with Crippen LogP contribution in [0.15, 0.2) is 28.8 Å². The fourth-order valence-corrected chi connectivity index (χ4v) is 1.88. The van der Waals surface area contributed by atoms with E-state index in [1.54, 1.807) is 19.1 Å². The summed E-state index contributed by atoms with van der Waals surface area (Å²) in [5.74, 6) is -1.24. The molecule has 3 N–H and O–H groups in total. The Kier molecular flexibility index (Phi) is 3.84. The largest absolute Gasteiger partial charge is 0.478 e. The van der Waals surface area contributed by atoms with Crippen molar-refractivity contribution in [2.24, 2.45) is 10.7 Å². The highest BCUT2D eigenvalue weighted by atomic mass is 16.5. The normalized spacial score (nSPS) is 13.7. The minimum Gasteiger partial charge on any atom is -0.478 e. The number of rotatable bonds is 3. The van der Waals surface area contributed by atoms with Gasteiger partial charge in [0, 0.05) is 17.6 Å². The van der Waals surface area contributed by atoms with Crippen molar-refractivity contribution in [3.63, 3.8) is 0 Å². The highest BCUT2D eigenvalue weighted by Gasteiger charge is 2.17. The molecule has 0 saturated carbocycles. The summed E-state index contributed by atoms with van der Waals surface area (Å²) in [5.41, 5.74) is 7.34. The zero-order chi connectivity index (χ0) is 14.7. The molecule has 0 saturated heterocycles. The van der Waals surface area contributed by atoms with E-state index in [1.807, 2.05) is 0 Å². The number of benzene rings is 1. The van der Waals surface area contributed by atoms with Gasteiger partial charge in [0.05, 0.1) is 17.9 Å². The number of esters is 1. The van der Waals surface area contributed by atoms with Gasteiger partial charge in [-0.25, -0.2) is 14.6 Å². The van der Waals surface area contributed by atoms with E-state index in [1.165, 1.54) is 12.1 Å². The molecule has 0 amide bonds. The Hall–Kier alpha value is -2.63. The van der Waals surface area contributed by atoms with Crippen LogP contribution in [0.1, 0.15) is 29.3 Å². The first-order chi connectivity index (χ1) is 9.51. The predicted molar refractivity (Wildman–Crippen MR) is 73.9 cm³/mol. The van der Waals surface area contributed by atoms with Crippen molar-refractivity contribution >= 4 is 29.5 Å². The van der Waals surface area contributed by atoms with Gasteiger partial charge in [0.1, 0.15) is 5.84 Å². The molecule has 6 nitrogen and oxygen atoms in total. The van der Waals surface area contributed by atoms with Gasteiger partial charge in [-0.2, -0.15) is 0 Å². The molecule has 20 heavy (non-hydrogen) atoms. The molecule has 104 valence electrons. The number of hydrogen-bond donors (Lipinski definition) is 2. The zero-order valence-electron chi connectivity index (χ0n) is 10.9. The standard InChI is InChI=1S/C14H14N2O4/c1-2-20-14(19)10-5-8-3-4-9(13(17)18)6-11(8)16-12(15)7-10/h3-6H,2,7H2,1H3,(H2,15,16)(H,17,18). The topological polar surface area (TPSA) is 102 Å². The van der Waals surface area contributed by atoms with E-state index in [4.69, 9.17) is 15.6 Å². The third-order valence-corrected chi connectivity index (χ3v) is 2.78. The Morgan fingerprint density at radius 3 is 2.85 bits per heavy atom. The summed E-state index contributed by atoms with van der Waals surface area (Å²) in [6.45, 7) is 2.00. The number of carbonyl (C=O) groups excluding carboxylic acids is 1. The van der Waals surface area contributed by atoms with Gasteiger partial charge < -0.3 is 15.6 Å². The lowest BCUT2D eigenvalue weighted by atomic mass is 10.1. The highest BCUT2D eigenvalue weighted by Crippen LogP contribution is 2.28. The number of amidine groups is 1. The van der Waals surface area contributed by atoms with E-state index in [2.05, 4.69) is 4.99 Å². The van der Waals surface area contributed by atoms with Crippen molar-refractivity contribution in [2.75, 3.05) is 6.61 Å². The summed E-state index contributed by atoms with van der Waals surface area (Å²) in [6, 6.07) is 4.48. The number of carboxylic acids is 1. The summed E-state index contributed by atoms with van der Waals surface area (Å²) < 4.78 is 4.95. The first kappa shape index (κ1) is 13.8. The van der Waals surface area contributed by atoms with Crippen LogP contribution in [0.5, 0.6) is 0 Å². The lowest BCUT2D eigenvalue weighted by molar-refractivity contribution is -0.138. The first-order valence-corrected chi connectivity index (χ1v) is 6.09. The fourth-order valence-electron chi connectivity index (χ4n) is 1.88. The molecule has 0 aliphatic carbocycles. The van der Waals surface area contributed by atoms with Crippen LogP contribution in [0.4, 0.5) is 5.69 Å². The molecular weight excluding hydrogens is 260 g/mol. The zero-order valence-corrected chi connectivity index (χ0v) is 10.9. The van der Waals surface area contributed by atoms with Gasteiger partial charge in [-0.1, -0.05) is 6.07 Å². The van der Waals surface area contributed by atoms with Crippen molar-refractivity contribution in [1.29, 1.82) is 0 Å². The molecule has 0 aromatic heterocycles. The third kappa shape index (κ3) is 2.85. The molecule has 0 bridgehead atoms. The van der Waals surface area contributed by atoms with E-state index < -0.39 is 11.9 Å². The molecule has 0 atom stereocenters. The number of carbonyl (C=O) groups is 2. The second kappa shape index (κ2) is 5.56. The number of nitrogens with zero attached hydrogens (tertiary/aromatic N) is 1. The number of nitrogens with two attached hydrogens (primary N) is 1. The SMILES string of the molecule is CCOC(=O)C1=Cc2ccc(C(=O)O)cc2N=C(N)C1. The smallest absolute Gasteiger partial charge is 0.335 e. The molecule has 1 aromatic rings. The van der Waals surface area contributed by atoms with Gasteiger partial charge in [0.25, 0.3) is 0 Å². The Morgan fingerprint density at radius 2 is 2.20 bits per heavy atom. The van der Waals surface area contributed by atoms with Crippen LogP contribution in [-0.4, -0.2) is 29.5 Å². The van der Waals surface area contributed by atoms with Gasteiger partial charge >= 0.3 is 11.9 Å². The number of aliphatic imine (C=N–C) groups is 1. The average Bonchev–Trinajstić information content (AvgIpc) is 2.55. The Balaban J connectivity index is 2.47. The molecule has 1 heterocycles. The van der Waals surface area contributed by atoms with Gasteiger partial charge in [-0.3, -0.25) is 0 Å². The minimum absolute atomic E-state index is 0.119. The van der Waals surface area contributed by atoms with Crippen LogP contribution in [0.25, 0.3) is 6.08 Å². The van der Waals surface area contributed by atoms with Crippen LogP contribution in [0, 0.1) is 0 Å². The van der Waals surface area contributed by atoms with Crippen molar-refractivity contribution < 1.29 is 19.4 Å². The number of carboxylic acid groups (broad SMARTS) is 1. The van der Waals surface area contributed by atoms with Gasteiger partial charge in [0.2, 0.25) is 0 Å². The molecule has 1 aliphatic heterocycles. The predicted octanol–water partition coefficient (Wildman–Crippen LogP) is 1.72. The summed E-state index contributed by atoms with van der Waals surface area (Å²) in [6.07, 6.45) is 1.80. The van der Waals surface area contributed by atoms with E-state index in [-0.39, 0.29) is 24.4 Å². The molecule has 2 rings (SSSR count). The van der Waals surface area contributed by atoms with Crippen LogP contribution >= 0.6 is 0 Å². The molecule has 0 spiro atoms. The van der Waals surface area contributed by atoms with Gasteiger partial charge in [-0.05, 0) is 25.1 Å². The molecule has 1 aliphatic rings. The minimum atomic E-state index is -1.04. The highest BCUT2D eigenvalue weighted by molar-refractivity contribution is 6.03. The third-order valence-electron chi connectivity index (χ3n) is 2.78. The maximum Gasteiger partial charge on any atom is 0.335 e. The lowest BCUT2D eigenvalue weighted by Crippen LogP contribution is -2.16. The second-order valence-electron chi connectivity index (χ2n) is 4.25. The molecule has 0 radical (unpaired) electrons. The molecule has 0 fully saturated rings. The maximum atomic E-state index is 11.8. The van der Waals surface area contributed by atoms with Crippen LogP contribution in [0.3, 0.4) is 0 Å². The van der Waals surface area contributed by atoms with Crippen molar-refractivity contribution in [3.05, 3.63) is 34.9 Å². The van der Waals surface area contributed by atoms with Crippen molar-refractivity contribution in [2.45, 2.75) is 13.3 Å². The summed E-state index contributed by atoms with van der Waals surface area (Å²) in [7, 11) is 0. The van der Waals surface area contributed by atoms with Crippen LogP contribution in [0.2, 0.25) is 0 Å². The number of fused-ring (bicyclic) bond motifs is 1. The summed E-state index contributed by atoms with van der Waals surface area (Å²) >= 11 is 0. The monoisotopic (exact) mass is 274 g/mol.